The third kappa shape index (κ3) is 7.25. The molecule has 1 fully saturated rings. The lowest BCUT2D eigenvalue weighted by Crippen LogP contribution is -2.42. The molecule has 1 atom stereocenters. The fraction of sp³-hybridized carbons (Fsp3) is 0.410. The van der Waals surface area contributed by atoms with E-state index in [0.29, 0.717) is 36.5 Å². The van der Waals surface area contributed by atoms with Crippen molar-refractivity contribution >= 4 is 36.3 Å². The summed E-state index contributed by atoms with van der Waals surface area (Å²) in [6.07, 6.45) is 9.64. The number of rotatable bonds is 12. The van der Waals surface area contributed by atoms with Crippen LogP contribution in [0.5, 0.6) is 0 Å². The number of piperidine rings is 1. The van der Waals surface area contributed by atoms with Crippen LogP contribution in [0.1, 0.15) is 37.2 Å². The molecule has 7 rings (SSSR count). The second-order valence-electron chi connectivity index (χ2n) is 15.4. The Morgan fingerprint density at radius 3 is 2.54 bits per heavy atom. The summed E-state index contributed by atoms with van der Waals surface area (Å²) in [5, 5.41) is 9.50. The average Bonchev–Trinajstić information content (AvgIpc) is 3.71. The van der Waals surface area contributed by atoms with E-state index in [9.17, 15) is 4.79 Å². The van der Waals surface area contributed by atoms with Crippen LogP contribution in [0.4, 0.5) is 11.6 Å². The zero-order chi connectivity index (χ0) is 36.6. The largest absolute Gasteiger partial charge is 0.361 e. The summed E-state index contributed by atoms with van der Waals surface area (Å²) in [6, 6.07) is 17.1. The first kappa shape index (κ1) is 35.5. The molecule has 0 unspecified atom stereocenters. The number of nitrogens with zero attached hydrogens (tertiary/aromatic N) is 9. The summed E-state index contributed by atoms with van der Waals surface area (Å²) in [5.74, 6) is 2.18. The van der Waals surface area contributed by atoms with Crippen molar-refractivity contribution in [3.05, 3.63) is 95.2 Å². The predicted octanol–water partition coefficient (Wildman–Crippen LogP) is 6.62. The molecular weight excluding hydrogens is 669 g/mol. The van der Waals surface area contributed by atoms with Crippen molar-refractivity contribution in [1.29, 1.82) is 0 Å². The number of aryl methyl sites for hydroxylation is 1. The molecule has 0 saturated carbocycles. The molecule has 272 valence electrons. The molecule has 1 aliphatic rings. The summed E-state index contributed by atoms with van der Waals surface area (Å²) < 4.78 is 11.7. The molecule has 52 heavy (non-hydrogen) atoms. The van der Waals surface area contributed by atoms with Crippen LogP contribution in [0.2, 0.25) is 25.7 Å². The molecule has 5 aromatic heterocycles. The van der Waals surface area contributed by atoms with Gasteiger partial charge in [-0.2, -0.15) is 5.10 Å². The summed E-state index contributed by atoms with van der Waals surface area (Å²) in [5.41, 5.74) is 4.83. The quantitative estimate of drug-likeness (QED) is 0.110. The number of fused-ring (bicyclic) bond motifs is 2. The molecule has 1 aliphatic heterocycles. The Labute approximate surface area is 306 Å². The lowest BCUT2D eigenvalue weighted by Gasteiger charge is -2.35. The van der Waals surface area contributed by atoms with Crippen LogP contribution in [0.15, 0.2) is 78.2 Å². The first-order valence-electron chi connectivity index (χ1n) is 18.2. The SMILES string of the molecule is Cc1ccn2nc([C@H](C)Nc3ncnc4c3c(-c3ccnc(N5CCC(N(C)C)CC5)c3)cn4COCC[Si](C)(C)C)n(-c3ccccc3)c(=O)c12. The van der Waals surface area contributed by atoms with Crippen LogP contribution in [-0.2, 0) is 11.5 Å². The van der Waals surface area contributed by atoms with E-state index in [1.165, 1.54) is 0 Å². The normalized spacial score (nSPS) is 14.9. The van der Waals surface area contributed by atoms with Gasteiger partial charge in [0.25, 0.3) is 5.56 Å². The molecule has 13 heteroatoms. The summed E-state index contributed by atoms with van der Waals surface area (Å²) in [6.45, 7) is 14.0. The van der Waals surface area contributed by atoms with Crippen LogP contribution < -0.4 is 15.8 Å². The monoisotopic (exact) mass is 718 g/mol. The Kier molecular flexibility index (Phi) is 10.0. The van der Waals surface area contributed by atoms with Gasteiger partial charge in [-0.05, 0) is 88.3 Å². The van der Waals surface area contributed by atoms with Crippen LogP contribution in [0.25, 0.3) is 33.4 Å². The molecule has 6 heterocycles. The molecule has 0 radical (unpaired) electrons. The van der Waals surface area contributed by atoms with E-state index in [0.717, 1.165) is 71.2 Å². The van der Waals surface area contributed by atoms with Crippen LogP contribution >= 0.6 is 0 Å². The summed E-state index contributed by atoms with van der Waals surface area (Å²) >= 11 is 0. The predicted molar refractivity (Wildman–Crippen MR) is 211 cm³/mol. The van der Waals surface area contributed by atoms with Crippen LogP contribution in [0.3, 0.4) is 0 Å². The van der Waals surface area contributed by atoms with E-state index in [4.69, 9.17) is 24.8 Å². The van der Waals surface area contributed by atoms with Crippen molar-refractivity contribution in [3.63, 3.8) is 0 Å². The highest BCUT2D eigenvalue weighted by Crippen LogP contribution is 2.36. The van der Waals surface area contributed by atoms with Gasteiger partial charge in [0.15, 0.2) is 5.82 Å². The molecule has 1 aromatic carbocycles. The van der Waals surface area contributed by atoms with E-state index in [1.807, 2.05) is 62.6 Å². The first-order valence-corrected chi connectivity index (χ1v) is 21.9. The minimum absolute atomic E-state index is 0.124. The molecule has 12 nitrogen and oxygen atoms in total. The van der Waals surface area contributed by atoms with E-state index >= 15 is 0 Å². The van der Waals surface area contributed by atoms with Gasteiger partial charge in [0.2, 0.25) is 0 Å². The standard InChI is InChI=1S/C39H50N10O2Si/c1-27-14-20-48-35(27)39(50)49(31-11-9-8-10-12-31)37(44-48)28(2)43-36-34-32(24-47(38(34)42-25-41-36)26-51-21-22-52(5,6)7)29-13-17-40-33(23-29)46-18-15-30(16-19-46)45(3)4/h8-14,17,20,23-25,28,30H,15-16,18-19,21-22,26H2,1-7H3,(H,41,42,43)/t28-/m0/s1. The number of para-hydroxylation sites is 1. The highest BCUT2D eigenvalue weighted by Gasteiger charge is 2.25. The Morgan fingerprint density at radius 1 is 1.04 bits per heavy atom. The zero-order valence-electron chi connectivity index (χ0n) is 31.4. The number of nitrogens with one attached hydrogen (secondary N) is 1. The van der Waals surface area contributed by atoms with Crippen molar-refractivity contribution in [2.45, 2.75) is 71.2 Å². The third-order valence-corrected chi connectivity index (χ3v) is 11.8. The maximum atomic E-state index is 14.1. The van der Waals surface area contributed by atoms with Gasteiger partial charge in [-0.25, -0.2) is 19.5 Å². The second kappa shape index (κ2) is 14.6. The Balaban J connectivity index is 1.29. The maximum Gasteiger partial charge on any atom is 0.282 e. The second-order valence-corrected chi connectivity index (χ2v) is 21.0. The average molecular weight is 719 g/mol. The first-order chi connectivity index (χ1) is 25.0. The Morgan fingerprint density at radius 2 is 1.81 bits per heavy atom. The number of benzene rings is 1. The van der Waals surface area contributed by atoms with Crippen molar-refractivity contribution in [2.75, 3.05) is 44.0 Å². The smallest absolute Gasteiger partial charge is 0.282 e. The molecular formula is C39H50N10O2Si. The highest BCUT2D eigenvalue weighted by atomic mass is 28.3. The number of aromatic nitrogens is 7. The number of pyridine rings is 1. The minimum Gasteiger partial charge on any atom is -0.361 e. The minimum atomic E-state index is -1.26. The van der Waals surface area contributed by atoms with Crippen molar-refractivity contribution < 1.29 is 4.74 Å². The van der Waals surface area contributed by atoms with Gasteiger partial charge in [0, 0.05) is 58.0 Å². The van der Waals surface area contributed by atoms with Gasteiger partial charge in [0.1, 0.15) is 35.9 Å². The molecule has 6 aromatic rings. The number of hydrogen-bond acceptors (Lipinski definition) is 9. The zero-order valence-corrected chi connectivity index (χ0v) is 32.4. The number of hydrogen-bond donors (Lipinski definition) is 1. The topological polar surface area (TPSA) is 111 Å². The summed E-state index contributed by atoms with van der Waals surface area (Å²) in [7, 11) is 3.07. The fourth-order valence-electron chi connectivity index (χ4n) is 7.07. The van der Waals surface area contributed by atoms with Crippen LogP contribution in [0, 0.1) is 6.92 Å². The van der Waals surface area contributed by atoms with Gasteiger partial charge in [-0.1, -0.05) is 37.8 Å². The Hall–Kier alpha value is -4.85. The fourth-order valence-corrected chi connectivity index (χ4v) is 7.83. The highest BCUT2D eigenvalue weighted by molar-refractivity contribution is 6.76. The van der Waals surface area contributed by atoms with Crippen molar-refractivity contribution in [1.82, 2.24) is 38.6 Å². The van der Waals surface area contributed by atoms with Crippen molar-refractivity contribution in [2.24, 2.45) is 0 Å². The molecule has 0 amide bonds. The van der Waals surface area contributed by atoms with E-state index in [2.05, 4.69) is 71.7 Å². The van der Waals surface area contributed by atoms with E-state index in [-0.39, 0.29) is 5.56 Å². The van der Waals surface area contributed by atoms with E-state index < -0.39 is 14.1 Å². The van der Waals surface area contributed by atoms with Crippen LogP contribution in [-0.4, -0.2) is 86.5 Å². The molecule has 1 N–H and O–H groups in total. The molecule has 0 bridgehead atoms. The van der Waals surface area contributed by atoms with Crippen molar-refractivity contribution in [3.8, 4) is 16.8 Å². The molecule has 0 spiro atoms. The maximum absolute atomic E-state index is 14.1. The molecule has 0 aliphatic carbocycles. The van der Waals surface area contributed by atoms with Gasteiger partial charge < -0.3 is 24.4 Å². The van der Waals surface area contributed by atoms with Gasteiger partial charge in [-0.3, -0.25) is 9.36 Å². The van der Waals surface area contributed by atoms with Gasteiger partial charge in [-0.15, -0.1) is 0 Å². The number of ether oxygens (including phenoxy) is 1. The molecule has 1 saturated heterocycles. The van der Waals surface area contributed by atoms with Gasteiger partial charge in [0.05, 0.1) is 17.1 Å². The lowest BCUT2D eigenvalue weighted by molar-refractivity contribution is 0.0899. The Bertz CT molecular complexity index is 2230. The van der Waals surface area contributed by atoms with Gasteiger partial charge >= 0.3 is 0 Å². The number of anilines is 2. The van der Waals surface area contributed by atoms with E-state index in [1.54, 1.807) is 15.4 Å². The summed E-state index contributed by atoms with van der Waals surface area (Å²) in [4.78, 5) is 33.2. The third-order valence-electron chi connectivity index (χ3n) is 10.1. The lowest BCUT2D eigenvalue weighted by atomic mass is 10.0.